The van der Waals surface area contributed by atoms with E-state index in [4.69, 9.17) is 0 Å². The second-order valence-electron chi connectivity index (χ2n) is 8.68. The summed E-state index contributed by atoms with van der Waals surface area (Å²) in [5.74, 6) is -0.298. The summed E-state index contributed by atoms with van der Waals surface area (Å²) in [4.78, 5) is 33.6. The number of piperidine rings is 1. The number of aromatic carboxylic acids is 1. The molecule has 2 aromatic rings. The Bertz CT molecular complexity index is 938. The highest BCUT2D eigenvalue weighted by Gasteiger charge is 2.27. The topological polar surface area (TPSA) is 85.8 Å². The number of nitrogens with zero attached hydrogens (tertiary/aromatic N) is 3. The van der Waals surface area contributed by atoms with E-state index in [9.17, 15) is 14.7 Å². The molecule has 7 heteroatoms. The van der Waals surface area contributed by atoms with E-state index in [0.29, 0.717) is 23.0 Å². The van der Waals surface area contributed by atoms with E-state index in [2.05, 4.69) is 20.1 Å². The van der Waals surface area contributed by atoms with Gasteiger partial charge in [-0.15, -0.1) is 0 Å². The molecule has 0 saturated carbocycles. The third-order valence-corrected chi connectivity index (χ3v) is 6.20. The number of rotatable bonds is 6. The number of carbonyl (C=O) groups excluding carboxylic acids is 1. The molecule has 0 aliphatic carbocycles. The third kappa shape index (κ3) is 5.22. The van der Waals surface area contributed by atoms with Crippen LogP contribution in [-0.4, -0.2) is 59.6 Å². The first-order chi connectivity index (χ1) is 15.0. The molecular weight excluding hydrogens is 392 g/mol. The Morgan fingerprint density at radius 3 is 2.58 bits per heavy atom. The van der Waals surface area contributed by atoms with Gasteiger partial charge < -0.3 is 20.2 Å². The van der Waals surface area contributed by atoms with Gasteiger partial charge in [0.1, 0.15) is 11.4 Å². The number of carbonyl (C=O) groups is 2. The molecule has 31 heavy (non-hydrogen) atoms. The Hall–Kier alpha value is -2.93. The molecule has 0 radical (unpaired) electrons. The number of aromatic nitrogens is 1. The molecule has 0 spiro atoms. The van der Waals surface area contributed by atoms with Crippen molar-refractivity contribution in [3.05, 3.63) is 53.2 Å². The van der Waals surface area contributed by atoms with E-state index in [1.54, 1.807) is 18.3 Å². The molecular formula is C24H30N4O3. The first kappa shape index (κ1) is 21.3. The van der Waals surface area contributed by atoms with Crippen molar-refractivity contribution in [3.8, 4) is 0 Å². The number of nitrogens with one attached hydrogen (secondary N) is 1. The second kappa shape index (κ2) is 9.47. The zero-order valence-electron chi connectivity index (χ0n) is 18.0. The molecule has 3 heterocycles. The van der Waals surface area contributed by atoms with Crippen molar-refractivity contribution < 1.29 is 14.7 Å². The van der Waals surface area contributed by atoms with Crippen LogP contribution in [0.4, 0.5) is 11.5 Å². The van der Waals surface area contributed by atoms with Gasteiger partial charge in [0.15, 0.2) is 0 Å². The van der Waals surface area contributed by atoms with Gasteiger partial charge in [-0.3, -0.25) is 4.79 Å². The van der Waals surface area contributed by atoms with Crippen LogP contribution in [0.15, 0.2) is 36.5 Å². The Labute approximate surface area is 183 Å². The number of aryl methyl sites for hydroxylation is 1. The Kier molecular flexibility index (Phi) is 6.51. The van der Waals surface area contributed by atoms with E-state index in [1.165, 1.54) is 38.4 Å². The van der Waals surface area contributed by atoms with E-state index in [-0.39, 0.29) is 11.5 Å². The molecule has 164 valence electrons. The number of carboxylic acid groups (broad SMARTS) is 1. The van der Waals surface area contributed by atoms with Gasteiger partial charge in [0.05, 0.1) is 11.9 Å². The monoisotopic (exact) mass is 422 g/mol. The Balaban J connectivity index is 1.48. The van der Waals surface area contributed by atoms with Gasteiger partial charge in [0, 0.05) is 25.2 Å². The number of hydrogen-bond donors (Lipinski definition) is 2. The summed E-state index contributed by atoms with van der Waals surface area (Å²) in [5.41, 5.74) is 2.11. The van der Waals surface area contributed by atoms with Crippen LogP contribution in [-0.2, 0) is 0 Å². The molecule has 2 saturated heterocycles. The summed E-state index contributed by atoms with van der Waals surface area (Å²) in [6, 6.07) is 8.75. The molecule has 2 N–H and O–H groups in total. The fraction of sp³-hybridized carbons (Fsp3) is 0.458. The quantitative estimate of drug-likeness (QED) is 0.739. The maximum absolute atomic E-state index is 12.5. The molecule has 2 fully saturated rings. The summed E-state index contributed by atoms with van der Waals surface area (Å²) in [5, 5.41) is 12.6. The molecule has 4 rings (SSSR count). The van der Waals surface area contributed by atoms with Crippen molar-refractivity contribution >= 4 is 23.4 Å². The van der Waals surface area contributed by atoms with Crippen LogP contribution in [0.2, 0.25) is 0 Å². The van der Waals surface area contributed by atoms with Crippen molar-refractivity contribution in [1.29, 1.82) is 0 Å². The van der Waals surface area contributed by atoms with Crippen LogP contribution in [0, 0.1) is 12.8 Å². The summed E-state index contributed by atoms with van der Waals surface area (Å²) in [6.07, 6.45) is 6.30. The van der Waals surface area contributed by atoms with Gasteiger partial charge in [-0.1, -0.05) is 17.7 Å². The SMILES string of the molecule is Cc1ccc(C(=O)Nc2cnc(N3CCCC(CN4CCCC4)C3)c(C(=O)O)c2)cc1. The third-order valence-electron chi connectivity index (χ3n) is 6.20. The minimum atomic E-state index is -1.03. The normalized spacial score (nSPS) is 19.4. The Morgan fingerprint density at radius 2 is 1.87 bits per heavy atom. The zero-order valence-corrected chi connectivity index (χ0v) is 18.0. The lowest BCUT2D eigenvalue weighted by Crippen LogP contribution is -2.41. The number of anilines is 2. The van der Waals surface area contributed by atoms with Crippen LogP contribution < -0.4 is 10.2 Å². The predicted molar refractivity (Wildman–Crippen MR) is 121 cm³/mol. The van der Waals surface area contributed by atoms with Crippen molar-refractivity contribution in [2.24, 2.45) is 5.92 Å². The second-order valence-corrected chi connectivity index (χ2v) is 8.68. The van der Waals surface area contributed by atoms with E-state index in [1.807, 2.05) is 19.1 Å². The van der Waals surface area contributed by atoms with Crippen LogP contribution in [0.1, 0.15) is 52.0 Å². The van der Waals surface area contributed by atoms with E-state index in [0.717, 1.165) is 31.6 Å². The first-order valence-electron chi connectivity index (χ1n) is 11.1. The van der Waals surface area contributed by atoms with Crippen LogP contribution in [0.5, 0.6) is 0 Å². The summed E-state index contributed by atoms with van der Waals surface area (Å²) >= 11 is 0. The fourth-order valence-corrected chi connectivity index (χ4v) is 4.58. The largest absolute Gasteiger partial charge is 0.478 e. The minimum absolute atomic E-state index is 0.128. The van der Waals surface area contributed by atoms with Gasteiger partial charge in [0.2, 0.25) is 0 Å². The molecule has 7 nitrogen and oxygen atoms in total. The molecule has 2 aliphatic heterocycles. The maximum atomic E-state index is 12.5. The van der Waals surface area contributed by atoms with E-state index < -0.39 is 5.97 Å². The number of amides is 1. The molecule has 1 unspecified atom stereocenters. The zero-order chi connectivity index (χ0) is 21.8. The Morgan fingerprint density at radius 1 is 1.13 bits per heavy atom. The van der Waals surface area contributed by atoms with Gasteiger partial charge >= 0.3 is 5.97 Å². The van der Waals surface area contributed by atoms with Crippen molar-refractivity contribution in [3.63, 3.8) is 0 Å². The van der Waals surface area contributed by atoms with Crippen molar-refractivity contribution in [2.75, 3.05) is 42.9 Å². The van der Waals surface area contributed by atoms with Crippen LogP contribution >= 0.6 is 0 Å². The highest BCUT2D eigenvalue weighted by atomic mass is 16.4. The average molecular weight is 423 g/mol. The summed E-state index contributed by atoms with van der Waals surface area (Å²) in [7, 11) is 0. The highest BCUT2D eigenvalue weighted by molar-refractivity contribution is 6.05. The number of hydrogen-bond acceptors (Lipinski definition) is 5. The number of pyridine rings is 1. The lowest BCUT2D eigenvalue weighted by molar-refractivity contribution is 0.0696. The molecule has 2 aliphatic rings. The summed E-state index contributed by atoms with van der Waals surface area (Å²) < 4.78 is 0. The fourth-order valence-electron chi connectivity index (χ4n) is 4.58. The van der Waals surface area contributed by atoms with Gasteiger partial charge in [-0.25, -0.2) is 9.78 Å². The van der Waals surface area contributed by atoms with Crippen LogP contribution in [0.3, 0.4) is 0 Å². The van der Waals surface area contributed by atoms with Gasteiger partial charge in [0.25, 0.3) is 5.91 Å². The lowest BCUT2D eigenvalue weighted by Gasteiger charge is -2.36. The van der Waals surface area contributed by atoms with Crippen molar-refractivity contribution in [2.45, 2.75) is 32.6 Å². The van der Waals surface area contributed by atoms with Gasteiger partial charge in [-0.05, 0) is 69.8 Å². The molecule has 0 bridgehead atoms. The number of likely N-dealkylation sites (tertiary alicyclic amines) is 1. The smallest absolute Gasteiger partial charge is 0.339 e. The molecule has 1 atom stereocenters. The minimum Gasteiger partial charge on any atom is -0.478 e. The van der Waals surface area contributed by atoms with Crippen molar-refractivity contribution in [1.82, 2.24) is 9.88 Å². The number of benzene rings is 1. The van der Waals surface area contributed by atoms with E-state index >= 15 is 0 Å². The molecule has 1 aromatic carbocycles. The van der Waals surface area contributed by atoms with Gasteiger partial charge in [-0.2, -0.15) is 0 Å². The predicted octanol–water partition coefficient (Wildman–Crippen LogP) is 3.65. The maximum Gasteiger partial charge on any atom is 0.339 e. The first-order valence-corrected chi connectivity index (χ1v) is 11.1. The average Bonchev–Trinajstić information content (AvgIpc) is 3.27. The van der Waals surface area contributed by atoms with Crippen LogP contribution in [0.25, 0.3) is 0 Å². The highest BCUT2D eigenvalue weighted by Crippen LogP contribution is 2.28. The molecule has 1 aromatic heterocycles. The summed E-state index contributed by atoms with van der Waals surface area (Å²) in [6.45, 7) is 7.00. The lowest BCUT2D eigenvalue weighted by atomic mass is 9.97. The standard InChI is InChI=1S/C24H30N4O3/c1-17-6-8-19(9-7-17)23(29)26-20-13-21(24(30)31)22(25-14-20)28-12-4-5-18(16-28)15-27-10-2-3-11-27/h6-9,13-14,18H,2-5,10-12,15-16H2,1H3,(H,26,29)(H,30,31). The molecule has 1 amide bonds. The number of carboxylic acids is 1.